The molecule has 1 heterocycles. The minimum atomic E-state index is -0.0991. The molecule has 1 aromatic heterocycles. The molecule has 0 saturated heterocycles. The van der Waals surface area contributed by atoms with Crippen molar-refractivity contribution in [2.24, 2.45) is 0 Å². The molecule has 0 N–H and O–H groups in total. The van der Waals surface area contributed by atoms with E-state index in [1.54, 1.807) is 16.1 Å². The van der Waals surface area contributed by atoms with Crippen LogP contribution in [0, 0.1) is 0 Å². The Hall–Kier alpha value is -3.54. The van der Waals surface area contributed by atoms with Crippen molar-refractivity contribution in [1.29, 1.82) is 0 Å². The molecular weight excluding hydrogens is 464 g/mol. The van der Waals surface area contributed by atoms with E-state index in [0.717, 1.165) is 55.6 Å². The minimum absolute atomic E-state index is 0.0474. The lowest BCUT2D eigenvalue weighted by molar-refractivity contribution is -0.134. The number of hydrogen-bond acceptors (Lipinski definition) is 4. The summed E-state index contributed by atoms with van der Waals surface area (Å²) in [7, 11) is 0. The highest BCUT2D eigenvalue weighted by atomic mass is 16.5. The summed E-state index contributed by atoms with van der Waals surface area (Å²) in [4.78, 5) is 31.1. The van der Waals surface area contributed by atoms with Gasteiger partial charge in [-0.15, -0.1) is 0 Å². The summed E-state index contributed by atoms with van der Waals surface area (Å²) in [6.07, 6.45) is 8.86. The number of amides is 2. The number of carbonyl (C=O) groups excluding carboxylic acids is 2. The largest absolute Gasteiger partial charge is 0.494 e. The van der Waals surface area contributed by atoms with Gasteiger partial charge in [-0.3, -0.25) is 9.59 Å². The molecule has 2 aromatic carbocycles. The summed E-state index contributed by atoms with van der Waals surface area (Å²) in [6.45, 7) is 3.65. The Morgan fingerprint density at radius 2 is 1.68 bits per heavy atom. The Labute approximate surface area is 220 Å². The third-order valence-electron chi connectivity index (χ3n) is 6.95. The van der Waals surface area contributed by atoms with Gasteiger partial charge in [-0.05, 0) is 61.2 Å². The molecule has 0 bridgehead atoms. The van der Waals surface area contributed by atoms with Gasteiger partial charge in [-0.2, -0.15) is 0 Å². The Kier molecular flexibility index (Phi) is 9.81. The summed E-state index contributed by atoms with van der Waals surface area (Å²) < 4.78 is 11.3. The highest BCUT2D eigenvalue weighted by Gasteiger charge is 2.30. The van der Waals surface area contributed by atoms with Crippen LogP contribution in [0.5, 0.6) is 5.75 Å². The number of nitrogens with zero attached hydrogens (tertiary/aromatic N) is 2. The second-order valence-electron chi connectivity index (χ2n) is 9.77. The lowest BCUT2D eigenvalue weighted by Gasteiger charge is -2.35. The fraction of sp³-hybridized carbons (Fsp3) is 0.419. The molecule has 3 aromatic rings. The van der Waals surface area contributed by atoms with Gasteiger partial charge in [-0.25, -0.2) is 0 Å². The van der Waals surface area contributed by atoms with Crippen LogP contribution in [0.1, 0.15) is 73.6 Å². The van der Waals surface area contributed by atoms with E-state index in [4.69, 9.17) is 9.15 Å². The quantitative estimate of drug-likeness (QED) is 0.267. The van der Waals surface area contributed by atoms with Crippen molar-refractivity contribution in [3.8, 4) is 5.75 Å². The average Bonchev–Trinajstić information content (AvgIpc) is 3.46. The van der Waals surface area contributed by atoms with E-state index >= 15 is 0 Å². The molecule has 37 heavy (non-hydrogen) atoms. The van der Waals surface area contributed by atoms with Crippen LogP contribution in [-0.2, 0) is 17.9 Å². The maximum atomic E-state index is 13.7. The van der Waals surface area contributed by atoms with E-state index in [0.29, 0.717) is 25.3 Å². The monoisotopic (exact) mass is 502 g/mol. The zero-order chi connectivity index (χ0) is 25.9. The predicted octanol–water partition coefficient (Wildman–Crippen LogP) is 6.46. The predicted molar refractivity (Wildman–Crippen MR) is 144 cm³/mol. The van der Waals surface area contributed by atoms with Gasteiger partial charge in [0, 0.05) is 18.2 Å². The first-order valence-electron chi connectivity index (χ1n) is 13.5. The van der Waals surface area contributed by atoms with Gasteiger partial charge >= 0.3 is 0 Å². The van der Waals surface area contributed by atoms with Gasteiger partial charge in [0.15, 0.2) is 0 Å². The lowest BCUT2D eigenvalue weighted by atomic mass is 9.93. The van der Waals surface area contributed by atoms with E-state index in [9.17, 15) is 9.59 Å². The molecule has 1 fully saturated rings. The Bertz CT molecular complexity index is 1090. The van der Waals surface area contributed by atoms with Gasteiger partial charge in [0.2, 0.25) is 5.91 Å². The Balaban J connectivity index is 1.52. The molecule has 2 amide bonds. The van der Waals surface area contributed by atoms with Crippen molar-refractivity contribution in [3.63, 3.8) is 0 Å². The van der Waals surface area contributed by atoms with Crippen LogP contribution in [0.4, 0.5) is 0 Å². The summed E-state index contributed by atoms with van der Waals surface area (Å²) in [5, 5.41) is 0. The van der Waals surface area contributed by atoms with Gasteiger partial charge in [-0.1, -0.05) is 62.9 Å². The summed E-state index contributed by atoms with van der Waals surface area (Å²) in [6, 6.07) is 21.0. The van der Waals surface area contributed by atoms with Crippen LogP contribution in [0.2, 0.25) is 0 Å². The molecule has 6 nitrogen and oxygen atoms in total. The molecule has 196 valence electrons. The van der Waals surface area contributed by atoms with Crippen LogP contribution in [0.3, 0.4) is 0 Å². The molecule has 0 aliphatic heterocycles. The van der Waals surface area contributed by atoms with Crippen LogP contribution in [-0.4, -0.2) is 40.8 Å². The van der Waals surface area contributed by atoms with Crippen LogP contribution in [0.25, 0.3) is 0 Å². The molecule has 0 spiro atoms. The Morgan fingerprint density at radius 3 is 2.35 bits per heavy atom. The number of hydrogen-bond donors (Lipinski definition) is 0. The molecule has 1 aliphatic rings. The second-order valence-corrected chi connectivity index (χ2v) is 9.77. The maximum Gasteiger partial charge on any atom is 0.254 e. The second kappa shape index (κ2) is 13.7. The third-order valence-corrected chi connectivity index (χ3v) is 6.95. The first-order chi connectivity index (χ1) is 18.1. The Morgan fingerprint density at radius 1 is 0.919 bits per heavy atom. The van der Waals surface area contributed by atoms with Crippen LogP contribution in [0.15, 0.2) is 77.4 Å². The summed E-state index contributed by atoms with van der Waals surface area (Å²) >= 11 is 0. The molecule has 0 atom stereocenters. The molecule has 0 unspecified atom stereocenters. The van der Waals surface area contributed by atoms with E-state index in [1.807, 2.05) is 66.7 Å². The van der Waals surface area contributed by atoms with Gasteiger partial charge in [0.25, 0.3) is 5.91 Å². The van der Waals surface area contributed by atoms with E-state index in [1.165, 1.54) is 6.42 Å². The van der Waals surface area contributed by atoms with Crippen molar-refractivity contribution in [3.05, 3.63) is 89.9 Å². The molecule has 0 radical (unpaired) electrons. The third kappa shape index (κ3) is 7.72. The number of benzene rings is 2. The number of ether oxygens (including phenoxy) is 1. The number of rotatable bonds is 12. The zero-order valence-electron chi connectivity index (χ0n) is 21.8. The highest BCUT2D eigenvalue weighted by molar-refractivity contribution is 5.96. The molecule has 1 saturated carbocycles. The van der Waals surface area contributed by atoms with Crippen molar-refractivity contribution in [2.75, 3.05) is 13.2 Å². The number of unbranched alkanes of at least 4 members (excludes halogenated alkanes) is 1. The van der Waals surface area contributed by atoms with Crippen LogP contribution < -0.4 is 4.74 Å². The van der Waals surface area contributed by atoms with E-state index < -0.39 is 0 Å². The smallest absolute Gasteiger partial charge is 0.254 e. The maximum absolute atomic E-state index is 13.7. The zero-order valence-corrected chi connectivity index (χ0v) is 21.8. The summed E-state index contributed by atoms with van der Waals surface area (Å²) in [5.74, 6) is 1.30. The minimum Gasteiger partial charge on any atom is -0.494 e. The first-order valence-corrected chi connectivity index (χ1v) is 13.5. The van der Waals surface area contributed by atoms with Gasteiger partial charge in [0.05, 0.1) is 19.4 Å². The molecule has 4 rings (SSSR count). The lowest BCUT2D eigenvalue weighted by Crippen LogP contribution is -2.48. The first kappa shape index (κ1) is 26.5. The van der Waals surface area contributed by atoms with Crippen molar-refractivity contribution in [2.45, 2.75) is 71.0 Å². The van der Waals surface area contributed by atoms with Crippen molar-refractivity contribution in [1.82, 2.24) is 9.80 Å². The van der Waals surface area contributed by atoms with E-state index in [2.05, 4.69) is 6.92 Å². The topological polar surface area (TPSA) is 63.0 Å². The van der Waals surface area contributed by atoms with Crippen LogP contribution >= 0.6 is 0 Å². The van der Waals surface area contributed by atoms with Gasteiger partial charge < -0.3 is 19.0 Å². The molecule has 1 aliphatic carbocycles. The standard InChI is InChI=1S/C31H38N2O4/c1-2-3-20-36-28-18-16-26(17-19-28)31(35)33(27-13-8-5-9-14-27)24-30(34)32(23-29-15-10-21-37-29)22-25-11-6-4-7-12-25/h4,6-7,10-12,15-19,21,27H,2-3,5,8-9,13-14,20,22-24H2,1H3. The van der Waals surface area contributed by atoms with E-state index in [-0.39, 0.29) is 24.4 Å². The average molecular weight is 503 g/mol. The number of furan rings is 1. The van der Waals surface area contributed by atoms with Crippen molar-refractivity contribution >= 4 is 11.8 Å². The molecular formula is C31H38N2O4. The SMILES string of the molecule is CCCCOc1ccc(C(=O)N(CC(=O)N(Cc2ccccc2)Cc2ccco2)C2CCCCC2)cc1. The normalized spacial score (nSPS) is 13.8. The fourth-order valence-corrected chi connectivity index (χ4v) is 4.83. The molecule has 6 heteroatoms. The summed E-state index contributed by atoms with van der Waals surface area (Å²) in [5.41, 5.74) is 1.62. The fourth-order valence-electron chi connectivity index (χ4n) is 4.83. The van der Waals surface area contributed by atoms with Gasteiger partial charge in [0.1, 0.15) is 18.1 Å². The van der Waals surface area contributed by atoms with Crippen molar-refractivity contribution < 1.29 is 18.7 Å². The number of carbonyl (C=O) groups is 2. The highest BCUT2D eigenvalue weighted by Crippen LogP contribution is 2.25.